The molecule has 138 valence electrons. The van der Waals surface area contributed by atoms with E-state index in [1.165, 1.54) is 7.11 Å². The Labute approximate surface area is 162 Å². The van der Waals surface area contributed by atoms with Crippen molar-refractivity contribution in [1.29, 1.82) is 0 Å². The van der Waals surface area contributed by atoms with Gasteiger partial charge < -0.3 is 15.4 Å². The van der Waals surface area contributed by atoms with Crippen molar-refractivity contribution in [2.24, 2.45) is 0 Å². The molecule has 0 unspecified atom stereocenters. The predicted octanol–water partition coefficient (Wildman–Crippen LogP) is 4.31. The van der Waals surface area contributed by atoms with E-state index in [1.54, 1.807) is 30.5 Å². The molecule has 0 spiro atoms. The van der Waals surface area contributed by atoms with Crippen LogP contribution in [-0.2, 0) is 11.2 Å². The van der Waals surface area contributed by atoms with Crippen molar-refractivity contribution in [3.8, 4) is 0 Å². The third kappa shape index (κ3) is 5.43. The maximum Gasteiger partial charge on any atom is 0.337 e. The summed E-state index contributed by atoms with van der Waals surface area (Å²) in [6.07, 6.45) is 2.52. The summed E-state index contributed by atoms with van der Waals surface area (Å²) in [7, 11) is 1.35. The van der Waals surface area contributed by atoms with Gasteiger partial charge in [-0.1, -0.05) is 23.7 Å². The van der Waals surface area contributed by atoms with Crippen LogP contribution in [0.25, 0.3) is 0 Å². The number of nitrogens with zero attached hydrogens (tertiary/aromatic N) is 2. The maximum absolute atomic E-state index is 11.5. The van der Waals surface area contributed by atoms with Crippen LogP contribution in [0.1, 0.15) is 15.9 Å². The number of carbonyl (C=O) groups excluding carboxylic acids is 1. The van der Waals surface area contributed by atoms with Gasteiger partial charge in [-0.25, -0.2) is 9.78 Å². The number of benzene rings is 2. The van der Waals surface area contributed by atoms with Gasteiger partial charge in [-0.15, -0.1) is 0 Å². The Morgan fingerprint density at radius 1 is 1.15 bits per heavy atom. The quantitative estimate of drug-likeness (QED) is 0.593. The number of ether oxygens (including phenoxy) is 1. The van der Waals surface area contributed by atoms with Gasteiger partial charge in [-0.05, 0) is 54.4 Å². The number of anilines is 3. The Hall–Kier alpha value is -3.12. The molecule has 27 heavy (non-hydrogen) atoms. The summed E-state index contributed by atoms with van der Waals surface area (Å²) in [6.45, 7) is 0.727. The fourth-order valence-corrected chi connectivity index (χ4v) is 2.69. The predicted molar refractivity (Wildman–Crippen MR) is 107 cm³/mol. The summed E-state index contributed by atoms with van der Waals surface area (Å²) in [5.74, 6) is 0.818. The van der Waals surface area contributed by atoms with Crippen LogP contribution in [0.5, 0.6) is 0 Å². The molecule has 0 atom stereocenters. The van der Waals surface area contributed by atoms with Crippen LogP contribution >= 0.6 is 11.6 Å². The molecule has 6 nitrogen and oxygen atoms in total. The highest BCUT2D eigenvalue weighted by Gasteiger charge is 2.05. The molecular formula is C20H19ClN4O2. The van der Waals surface area contributed by atoms with Crippen molar-refractivity contribution < 1.29 is 9.53 Å². The van der Waals surface area contributed by atoms with Crippen LogP contribution in [-0.4, -0.2) is 29.6 Å². The van der Waals surface area contributed by atoms with Crippen LogP contribution in [0.15, 0.2) is 60.8 Å². The number of nitrogens with one attached hydrogen (secondary N) is 2. The molecule has 0 aliphatic heterocycles. The third-order valence-corrected chi connectivity index (χ3v) is 4.06. The summed E-state index contributed by atoms with van der Waals surface area (Å²) in [6, 6.07) is 16.5. The van der Waals surface area contributed by atoms with Gasteiger partial charge in [-0.2, -0.15) is 4.98 Å². The number of hydrogen-bond donors (Lipinski definition) is 2. The third-order valence-electron chi connectivity index (χ3n) is 3.83. The second-order valence-corrected chi connectivity index (χ2v) is 6.20. The maximum atomic E-state index is 11.5. The molecule has 3 rings (SSSR count). The molecule has 0 aliphatic rings. The second-order valence-electron chi connectivity index (χ2n) is 5.77. The molecule has 1 aromatic heterocycles. The smallest absolute Gasteiger partial charge is 0.337 e. The fraction of sp³-hybridized carbons (Fsp3) is 0.150. The zero-order chi connectivity index (χ0) is 19.1. The van der Waals surface area contributed by atoms with Crippen LogP contribution in [0, 0.1) is 0 Å². The highest BCUT2D eigenvalue weighted by Crippen LogP contribution is 2.16. The first kappa shape index (κ1) is 18.7. The lowest BCUT2D eigenvalue weighted by Gasteiger charge is -2.09. The van der Waals surface area contributed by atoms with Crippen molar-refractivity contribution >= 4 is 35.0 Å². The second kappa shape index (κ2) is 9.00. The van der Waals surface area contributed by atoms with Crippen molar-refractivity contribution in [3.05, 3.63) is 76.9 Å². The summed E-state index contributed by atoms with van der Waals surface area (Å²) in [5, 5.41) is 7.12. The minimum atomic E-state index is -0.372. The van der Waals surface area contributed by atoms with Crippen molar-refractivity contribution in [3.63, 3.8) is 0 Å². The largest absolute Gasteiger partial charge is 0.465 e. The molecule has 2 N–H and O–H groups in total. The lowest BCUT2D eigenvalue weighted by Crippen LogP contribution is -2.08. The zero-order valence-electron chi connectivity index (χ0n) is 14.8. The minimum absolute atomic E-state index is 0.372. The number of aromatic nitrogens is 2. The number of hydrogen-bond acceptors (Lipinski definition) is 6. The van der Waals surface area contributed by atoms with Gasteiger partial charge in [0, 0.05) is 23.5 Å². The van der Waals surface area contributed by atoms with Crippen LogP contribution in [0.3, 0.4) is 0 Å². The zero-order valence-corrected chi connectivity index (χ0v) is 15.5. The number of methoxy groups -OCH3 is 1. The van der Waals surface area contributed by atoms with Crippen molar-refractivity contribution in [1.82, 2.24) is 9.97 Å². The highest BCUT2D eigenvalue weighted by atomic mass is 35.5. The molecule has 0 aliphatic carbocycles. The van der Waals surface area contributed by atoms with E-state index in [2.05, 4.69) is 25.3 Å². The molecule has 0 fully saturated rings. The molecule has 0 bridgehead atoms. The van der Waals surface area contributed by atoms with Gasteiger partial charge in [0.05, 0.1) is 12.7 Å². The summed E-state index contributed by atoms with van der Waals surface area (Å²) >= 11 is 6.00. The highest BCUT2D eigenvalue weighted by molar-refractivity contribution is 6.30. The molecule has 0 radical (unpaired) electrons. The van der Waals surface area contributed by atoms with Gasteiger partial charge in [0.25, 0.3) is 0 Å². The Kier molecular flexibility index (Phi) is 6.22. The van der Waals surface area contributed by atoms with E-state index in [4.69, 9.17) is 11.6 Å². The minimum Gasteiger partial charge on any atom is -0.465 e. The SMILES string of the molecule is COC(=O)c1ccc(Nc2nccc(NCCc3cccc(Cl)c3)n2)cc1. The molecular weight excluding hydrogens is 364 g/mol. The number of halogens is 1. The van der Waals surface area contributed by atoms with E-state index < -0.39 is 0 Å². The average molecular weight is 383 g/mol. The van der Waals surface area contributed by atoms with Crippen molar-refractivity contribution in [2.75, 3.05) is 24.3 Å². The first-order valence-electron chi connectivity index (χ1n) is 8.41. The summed E-state index contributed by atoms with van der Waals surface area (Å²) in [4.78, 5) is 20.1. The van der Waals surface area contributed by atoms with Gasteiger partial charge in [-0.3, -0.25) is 0 Å². The molecule has 3 aromatic rings. The molecule has 0 saturated carbocycles. The van der Waals surface area contributed by atoms with Gasteiger partial charge >= 0.3 is 5.97 Å². The number of esters is 1. The number of rotatable bonds is 7. The molecule has 2 aromatic carbocycles. The Morgan fingerprint density at radius 3 is 2.70 bits per heavy atom. The monoisotopic (exact) mass is 382 g/mol. The average Bonchev–Trinajstić information content (AvgIpc) is 2.68. The normalized spacial score (nSPS) is 10.3. The van der Waals surface area contributed by atoms with Crippen LogP contribution < -0.4 is 10.6 Å². The molecule has 0 amide bonds. The van der Waals surface area contributed by atoms with Crippen molar-refractivity contribution in [2.45, 2.75) is 6.42 Å². The van der Waals surface area contributed by atoms with E-state index in [9.17, 15) is 4.79 Å². The lowest BCUT2D eigenvalue weighted by atomic mass is 10.1. The lowest BCUT2D eigenvalue weighted by molar-refractivity contribution is 0.0601. The van der Waals surface area contributed by atoms with E-state index in [0.29, 0.717) is 11.5 Å². The van der Waals surface area contributed by atoms with Gasteiger partial charge in [0.15, 0.2) is 0 Å². The van der Waals surface area contributed by atoms with E-state index in [0.717, 1.165) is 35.1 Å². The van der Waals surface area contributed by atoms with Crippen LogP contribution in [0.4, 0.5) is 17.5 Å². The van der Waals surface area contributed by atoms with Gasteiger partial charge in [0.2, 0.25) is 5.95 Å². The Balaban J connectivity index is 1.57. The number of carbonyl (C=O) groups is 1. The standard InChI is InChI=1S/C20H19ClN4O2/c1-27-19(26)15-5-7-17(8-6-15)24-20-23-12-10-18(25-20)22-11-9-14-3-2-4-16(21)13-14/h2-8,10,12-13H,9,11H2,1H3,(H2,22,23,24,25). The first-order chi connectivity index (χ1) is 13.1. The Morgan fingerprint density at radius 2 is 1.96 bits per heavy atom. The van der Waals surface area contributed by atoms with Gasteiger partial charge in [0.1, 0.15) is 5.82 Å². The van der Waals surface area contributed by atoms with E-state index >= 15 is 0 Å². The molecule has 0 saturated heterocycles. The summed E-state index contributed by atoms with van der Waals surface area (Å²) in [5.41, 5.74) is 2.42. The Bertz CT molecular complexity index is 916. The van der Waals surface area contributed by atoms with Crippen LogP contribution in [0.2, 0.25) is 5.02 Å². The first-order valence-corrected chi connectivity index (χ1v) is 8.78. The molecule has 7 heteroatoms. The fourth-order valence-electron chi connectivity index (χ4n) is 2.48. The van der Waals surface area contributed by atoms with E-state index in [-0.39, 0.29) is 5.97 Å². The topological polar surface area (TPSA) is 76.1 Å². The summed E-state index contributed by atoms with van der Waals surface area (Å²) < 4.78 is 4.69. The van der Waals surface area contributed by atoms with E-state index in [1.807, 2.05) is 30.3 Å². The molecule has 1 heterocycles.